The third kappa shape index (κ3) is 1.09. The fraction of sp³-hybridized carbons (Fsp3) is 0.455. The summed E-state index contributed by atoms with van der Waals surface area (Å²) in [6.45, 7) is 4.44. The SMILES string of the molecule is CCc1cccc2c1NC(C)C2. The van der Waals surface area contributed by atoms with Crippen LogP contribution in [0.3, 0.4) is 0 Å². The Labute approximate surface area is 73.8 Å². The van der Waals surface area contributed by atoms with Crippen molar-refractivity contribution in [1.82, 2.24) is 0 Å². The van der Waals surface area contributed by atoms with Gasteiger partial charge in [0.05, 0.1) is 0 Å². The number of rotatable bonds is 1. The van der Waals surface area contributed by atoms with Gasteiger partial charge in [0, 0.05) is 11.7 Å². The summed E-state index contributed by atoms with van der Waals surface area (Å²) in [5.74, 6) is 0. The molecule has 0 aliphatic carbocycles. The first-order chi connectivity index (χ1) is 5.81. The van der Waals surface area contributed by atoms with Crippen molar-refractivity contribution in [2.45, 2.75) is 32.7 Å². The molecule has 1 atom stereocenters. The molecule has 64 valence electrons. The summed E-state index contributed by atoms with van der Waals surface area (Å²) in [6, 6.07) is 7.22. The molecule has 0 radical (unpaired) electrons. The third-order valence-electron chi connectivity index (χ3n) is 2.53. The zero-order valence-corrected chi connectivity index (χ0v) is 7.72. The van der Waals surface area contributed by atoms with Gasteiger partial charge in [-0.05, 0) is 30.9 Å². The number of anilines is 1. The minimum Gasteiger partial charge on any atom is -0.382 e. The van der Waals surface area contributed by atoms with E-state index in [-0.39, 0.29) is 0 Å². The maximum absolute atomic E-state index is 3.52. The first-order valence-corrected chi connectivity index (χ1v) is 4.68. The second kappa shape index (κ2) is 2.81. The van der Waals surface area contributed by atoms with E-state index < -0.39 is 0 Å². The number of fused-ring (bicyclic) bond motifs is 1. The highest BCUT2D eigenvalue weighted by Crippen LogP contribution is 2.29. The van der Waals surface area contributed by atoms with Crippen LogP contribution in [0.1, 0.15) is 25.0 Å². The van der Waals surface area contributed by atoms with Gasteiger partial charge >= 0.3 is 0 Å². The van der Waals surface area contributed by atoms with Crippen molar-refractivity contribution in [3.63, 3.8) is 0 Å². The molecule has 0 amide bonds. The minimum atomic E-state index is 0.618. The number of hydrogen-bond donors (Lipinski definition) is 1. The maximum Gasteiger partial charge on any atom is 0.0408 e. The second-order valence-electron chi connectivity index (χ2n) is 3.55. The highest BCUT2D eigenvalue weighted by Gasteiger charge is 2.17. The van der Waals surface area contributed by atoms with Gasteiger partial charge in [-0.1, -0.05) is 25.1 Å². The molecule has 1 heterocycles. The van der Waals surface area contributed by atoms with Crippen molar-refractivity contribution >= 4 is 5.69 Å². The molecule has 12 heavy (non-hydrogen) atoms. The van der Waals surface area contributed by atoms with Crippen LogP contribution in [0.5, 0.6) is 0 Å². The lowest BCUT2D eigenvalue weighted by Crippen LogP contribution is -2.09. The number of nitrogens with one attached hydrogen (secondary N) is 1. The standard InChI is InChI=1S/C11H15N/c1-3-9-5-4-6-10-7-8(2)12-11(9)10/h4-6,8,12H,3,7H2,1-2H3. The monoisotopic (exact) mass is 161 g/mol. The van der Waals surface area contributed by atoms with Gasteiger partial charge in [0.1, 0.15) is 0 Å². The molecule has 0 spiro atoms. The van der Waals surface area contributed by atoms with Gasteiger partial charge in [0.25, 0.3) is 0 Å². The molecule has 1 unspecified atom stereocenters. The molecule has 2 rings (SSSR count). The molecule has 1 aromatic carbocycles. The smallest absolute Gasteiger partial charge is 0.0408 e. The van der Waals surface area contributed by atoms with Gasteiger partial charge < -0.3 is 5.32 Å². The van der Waals surface area contributed by atoms with Gasteiger partial charge in [0.15, 0.2) is 0 Å². The molecule has 0 bridgehead atoms. The number of para-hydroxylation sites is 1. The summed E-state index contributed by atoms with van der Waals surface area (Å²) < 4.78 is 0. The number of benzene rings is 1. The van der Waals surface area contributed by atoms with Gasteiger partial charge in [-0.2, -0.15) is 0 Å². The van der Waals surface area contributed by atoms with Crippen LogP contribution in [-0.2, 0) is 12.8 Å². The summed E-state index contributed by atoms with van der Waals surface area (Å²) >= 11 is 0. The summed E-state index contributed by atoms with van der Waals surface area (Å²) in [5.41, 5.74) is 4.34. The Morgan fingerprint density at radius 3 is 3.08 bits per heavy atom. The molecule has 1 N–H and O–H groups in total. The van der Waals surface area contributed by atoms with Crippen molar-refractivity contribution in [2.75, 3.05) is 5.32 Å². The van der Waals surface area contributed by atoms with Gasteiger partial charge in [-0.15, -0.1) is 0 Å². The zero-order valence-electron chi connectivity index (χ0n) is 7.72. The average Bonchev–Trinajstić information content (AvgIpc) is 2.44. The second-order valence-corrected chi connectivity index (χ2v) is 3.55. The molecule has 1 aliphatic heterocycles. The molecule has 0 saturated heterocycles. The van der Waals surface area contributed by atoms with E-state index in [0.29, 0.717) is 6.04 Å². The van der Waals surface area contributed by atoms with Crippen LogP contribution in [0.15, 0.2) is 18.2 Å². The van der Waals surface area contributed by atoms with Crippen LogP contribution >= 0.6 is 0 Å². The Balaban J connectivity index is 2.44. The molecule has 1 aliphatic rings. The van der Waals surface area contributed by atoms with E-state index in [1.807, 2.05) is 0 Å². The van der Waals surface area contributed by atoms with Gasteiger partial charge in [-0.3, -0.25) is 0 Å². The zero-order chi connectivity index (χ0) is 8.55. The summed E-state index contributed by atoms with van der Waals surface area (Å²) in [4.78, 5) is 0. The van der Waals surface area contributed by atoms with Crippen molar-refractivity contribution in [3.05, 3.63) is 29.3 Å². The van der Waals surface area contributed by atoms with Crippen LogP contribution in [-0.4, -0.2) is 6.04 Å². The summed E-state index contributed by atoms with van der Waals surface area (Å²) in [7, 11) is 0. The van der Waals surface area contributed by atoms with Crippen molar-refractivity contribution in [3.8, 4) is 0 Å². The molecule has 0 fully saturated rings. The topological polar surface area (TPSA) is 12.0 Å². The third-order valence-corrected chi connectivity index (χ3v) is 2.53. The normalized spacial score (nSPS) is 20.3. The van der Waals surface area contributed by atoms with Crippen molar-refractivity contribution in [1.29, 1.82) is 0 Å². The highest BCUT2D eigenvalue weighted by molar-refractivity contribution is 5.62. The Morgan fingerprint density at radius 1 is 1.50 bits per heavy atom. The van der Waals surface area contributed by atoms with E-state index >= 15 is 0 Å². The lowest BCUT2D eigenvalue weighted by molar-refractivity contribution is 0.839. The Morgan fingerprint density at radius 2 is 2.33 bits per heavy atom. The predicted octanol–water partition coefficient (Wildman–Crippen LogP) is 2.61. The van der Waals surface area contributed by atoms with Crippen LogP contribution in [0.4, 0.5) is 5.69 Å². The first-order valence-electron chi connectivity index (χ1n) is 4.68. The molecule has 0 saturated carbocycles. The Kier molecular flexibility index (Phi) is 1.80. The van der Waals surface area contributed by atoms with E-state index in [4.69, 9.17) is 0 Å². The van der Waals surface area contributed by atoms with E-state index in [2.05, 4.69) is 37.4 Å². The van der Waals surface area contributed by atoms with Crippen LogP contribution in [0, 0.1) is 0 Å². The maximum atomic E-state index is 3.52. The molecule has 1 aromatic rings. The van der Waals surface area contributed by atoms with Gasteiger partial charge in [0.2, 0.25) is 0 Å². The summed E-state index contributed by atoms with van der Waals surface area (Å²) in [5, 5.41) is 3.52. The molecule has 0 aromatic heterocycles. The number of hydrogen-bond acceptors (Lipinski definition) is 1. The summed E-state index contributed by atoms with van der Waals surface area (Å²) in [6.07, 6.45) is 2.31. The Bertz CT molecular complexity index is 291. The van der Waals surface area contributed by atoms with Crippen molar-refractivity contribution in [2.24, 2.45) is 0 Å². The van der Waals surface area contributed by atoms with Gasteiger partial charge in [-0.25, -0.2) is 0 Å². The van der Waals surface area contributed by atoms with Crippen molar-refractivity contribution < 1.29 is 0 Å². The quantitative estimate of drug-likeness (QED) is 0.667. The predicted molar refractivity (Wildman–Crippen MR) is 52.6 cm³/mol. The average molecular weight is 161 g/mol. The molecule has 1 heteroatoms. The Hall–Kier alpha value is -0.980. The van der Waals surface area contributed by atoms with Crippen LogP contribution in [0.2, 0.25) is 0 Å². The number of aryl methyl sites for hydroxylation is 1. The molecular formula is C11H15N. The van der Waals surface area contributed by atoms with E-state index in [0.717, 1.165) is 6.42 Å². The minimum absolute atomic E-state index is 0.618. The van der Waals surface area contributed by atoms with E-state index in [9.17, 15) is 0 Å². The van der Waals surface area contributed by atoms with Crippen LogP contribution in [0.25, 0.3) is 0 Å². The largest absolute Gasteiger partial charge is 0.382 e. The lowest BCUT2D eigenvalue weighted by atomic mass is 10.1. The fourth-order valence-electron chi connectivity index (χ4n) is 1.93. The highest BCUT2D eigenvalue weighted by atomic mass is 14.9. The molecule has 1 nitrogen and oxygen atoms in total. The van der Waals surface area contributed by atoms with Crippen LogP contribution < -0.4 is 5.32 Å². The fourth-order valence-corrected chi connectivity index (χ4v) is 1.93. The lowest BCUT2D eigenvalue weighted by Gasteiger charge is -2.07. The van der Waals surface area contributed by atoms with E-state index in [1.54, 1.807) is 0 Å². The van der Waals surface area contributed by atoms with E-state index in [1.165, 1.54) is 23.2 Å². The molecular weight excluding hydrogens is 146 g/mol. The first kappa shape index (κ1) is 7.66.